The fourth-order valence-electron chi connectivity index (χ4n) is 2.92. The van der Waals surface area contributed by atoms with Crippen LogP contribution in [0.15, 0.2) is 36.5 Å². The van der Waals surface area contributed by atoms with Crippen molar-refractivity contribution in [1.29, 1.82) is 0 Å². The molecule has 2 aromatic rings. The van der Waals surface area contributed by atoms with Gasteiger partial charge in [-0.3, -0.25) is 4.68 Å². The summed E-state index contributed by atoms with van der Waals surface area (Å²) in [7, 11) is 0. The molecule has 2 N–H and O–H groups in total. The highest BCUT2D eigenvalue weighted by Gasteiger charge is 2.23. The highest BCUT2D eigenvalue weighted by molar-refractivity contribution is 5.67. The van der Waals surface area contributed by atoms with Gasteiger partial charge in [0.1, 0.15) is 0 Å². The van der Waals surface area contributed by atoms with E-state index < -0.39 is 0 Å². The van der Waals surface area contributed by atoms with Crippen molar-refractivity contribution in [2.24, 2.45) is 5.92 Å². The number of benzene rings is 1. The Labute approximate surface area is 119 Å². The zero-order valence-corrected chi connectivity index (χ0v) is 11.8. The molecule has 0 aliphatic carbocycles. The van der Waals surface area contributed by atoms with Gasteiger partial charge in [-0.25, -0.2) is 0 Å². The number of piperidine rings is 1. The average molecular weight is 271 g/mol. The van der Waals surface area contributed by atoms with E-state index in [0.29, 0.717) is 12.0 Å². The maximum Gasteiger partial charge on any atom is 0.238 e. The van der Waals surface area contributed by atoms with Crippen molar-refractivity contribution in [3.63, 3.8) is 0 Å². The first-order chi connectivity index (χ1) is 9.75. The monoisotopic (exact) mass is 271 g/mol. The lowest BCUT2D eigenvalue weighted by atomic mass is 9.93. The fourth-order valence-corrected chi connectivity index (χ4v) is 2.92. The molecule has 1 aliphatic heterocycles. The summed E-state index contributed by atoms with van der Waals surface area (Å²) in [5, 5.41) is 17.8. The number of aromatic nitrogens is 2. The minimum absolute atomic E-state index is 0.117. The largest absolute Gasteiger partial charge is 0.492 e. The Kier molecular flexibility index (Phi) is 3.74. The van der Waals surface area contributed by atoms with Gasteiger partial charge in [0, 0.05) is 6.20 Å². The average Bonchev–Trinajstić information content (AvgIpc) is 2.90. The summed E-state index contributed by atoms with van der Waals surface area (Å²) in [6.45, 7) is 4.32. The molecular weight excluding hydrogens is 250 g/mol. The zero-order chi connectivity index (χ0) is 13.9. The number of nitrogens with zero attached hydrogens (tertiary/aromatic N) is 2. The third kappa shape index (κ3) is 2.56. The molecule has 4 heteroatoms. The van der Waals surface area contributed by atoms with E-state index in [1.165, 1.54) is 12.8 Å². The van der Waals surface area contributed by atoms with Crippen LogP contribution in [0.4, 0.5) is 0 Å². The van der Waals surface area contributed by atoms with E-state index in [4.69, 9.17) is 0 Å². The van der Waals surface area contributed by atoms with E-state index in [1.807, 2.05) is 41.2 Å². The van der Waals surface area contributed by atoms with Crippen molar-refractivity contribution in [1.82, 2.24) is 15.1 Å². The quantitative estimate of drug-likeness (QED) is 0.902. The van der Waals surface area contributed by atoms with Gasteiger partial charge in [0.15, 0.2) is 0 Å². The number of hydrogen-bond donors (Lipinski definition) is 2. The van der Waals surface area contributed by atoms with Gasteiger partial charge in [0.05, 0.1) is 11.6 Å². The minimum Gasteiger partial charge on any atom is -0.492 e. The molecular formula is C16H21N3O. The van der Waals surface area contributed by atoms with Crippen molar-refractivity contribution < 1.29 is 5.11 Å². The highest BCUT2D eigenvalue weighted by Crippen LogP contribution is 2.31. The second-order valence-electron chi connectivity index (χ2n) is 5.56. The smallest absolute Gasteiger partial charge is 0.238 e. The summed E-state index contributed by atoms with van der Waals surface area (Å²) in [4.78, 5) is 0. The number of hydrogen-bond acceptors (Lipinski definition) is 3. The lowest BCUT2D eigenvalue weighted by molar-refractivity contribution is 0.261. The first-order valence-corrected chi connectivity index (χ1v) is 7.30. The van der Waals surface area contributed by atoms with Crippen LogP contribution >= 0.6 is 0 Å². The Balaban J connectivity index is 1.85. The van der Waals surface area contributed by atoms with Crippen LogP contribution in [0.5, 0.6) is 5.88 Å². The molecule has 4 nitrogen and oxygen atoms in total. The number of nitrogens with one attached hydrogen (secondary N) is 1. The predicted octanol–water partition coefficient (Wildman–Crippen LogP) is 2.82. The van der Waals surface area contributed by atoms with Crippen LogP contribution in [-0.4, -0.2) is 28.0 Å². The van der Waals surface area contributed by atoms with Crippen molar-refractivity contribution in [3.05, 3.63) is 36.5 Å². The van der Waals surface area contributed by atoms with E-state index in [-0.39, 0.29) is 5.88 Å². The third-order valence-corrected chi connectivity index (χ3v) is 4.23. The minimum atomic E-state index is 0.117. The Morgan fingerprint density at radius 2 is 2.15 bits per heavy atom. The summed E-state index contributed by atoms with van der Waals surface area (Å²) in [5.41, 5.74) is 1.81. The van der Waals surface area contributed by atoms with Crippen LogP contribution in [-0.2, 0) is 0 Å². The van der Waals surface area contributed by atoms with E-state index >= 15 is 0 Å². The highest BCUT2D eigenvalue weighted by atomic mass is 16.3. The van der Waals surface area contributed by atoms with Crippen LogP contribution in [0.1, 0.15) is 25.8 Å². The Morgan fingerprint density at radius 1 is 1.35 bits per heavy atom. The molecule has 20 heavy (non-hydrogen) atoms. The molecule has 0 spiro atoms. The first kappa shape index (κ1) is 13.2. The molecule has 0 radical (unpaired) electrons. The lowest BCUT2D eigenvalue weighted by Crippen LogP contribution is -2.34. The molecule has 1 aromatic carbocycles. The molecule has 2 unspecified atom stereocenters. The third-order valence-electron chi connectivity index (χ3n) is 4.23. The summed E-state index contributed by atoms with van der Waals surface area (Å²) in [6, 6.07) is 10.2. The summed E-state index contributed by atoms with van der Waals surface area (Å²) >= 11 is 0. The maximum absolute atomic E-state index is 10.1. The second kappa shape index (κ2) is 5.67. The summed E-state index contributed by atoms with van der Waals surface area (Å²) in [6.07, 6.45) is 4.40. The fraction of sp³-hybridized carbons (Fsp3) is 0.438. The molecule has 2 atom stereocenters. The molecule has 1 saturated heterocycles. The molecule has 2 heterocycles. The molecule has 1 aliphatic rings. The SMILES string of the molecule is CC(C1CCCNC1)n1cc(-c2ccccc2)c(O)n1. The van der Waals surface area contributed by atoms with Gasteiger partial charge < -0.3 is 10.4 Å². The topological polar surface area (TPSA) is 50.1 Å². The Bertz CT molecular complexity index is 558. The van der Waals surface area contributed by atoms with E-state index in [2.05, 4.69) is 17.3 Å². The van der Waals surface area contributed by atoms with Crippen molar-refractivity contribution in [2.75, 3.05) is 13.1 Å². The number of rotatable bonds is 3. The van der Waals surface area contributed by atoms with Crippen molar-refractivity contribution >= 4 is 0 Å². The Hall–Kier alpha value is -1.81. The van der Waals surface area contributed by atoms with Crippen LogP contribution in [0, 0.1) is 5.92 Å². The van der Waals surface area contributed by atoms with Crippen LogP contribution < -0.4 is 5.32 Å². The van der Waals surface area contributed by atoms with Gasteiger partial charge in [-0.15, -0.1) is 5.10 Å². The van der Waals surface area contributed by atoms with Crippen LogP contribution in [0.25, 0.3) is 11.1 Å². The predicted molar refractivity (Wildman–Crippen MR) is 79.6 cm³/mol. The van der Waals surface area contributed by atoms with Crippen LogP contribution in [0.2, 0.25) is 0 Å². The number of aromatic hydroxyl groups is 1. The van der Waals surface area contributed by atoms with Gasteiger partial charge in [-0.1, -0.05) is 30.3 Å². The Morgan fingerprint density at radius 3 is 2.85 bits per heavy atom. The molecule has 0 saturated carbocycles. The maximum atomic E-state index is 10.1. The lowest BCUT2D eigenvalue weighted by Gasteiger charge is -2.28. The summed E-state index contributed by atoms with van der Waals surface area (Å²) < 4.78 is 1.91. The summed E-state index contributed by atoms with van der Waals surface area (Å²) in [5.74, 6) is 0.693. The van der Waals surface area contributed by atoms with Gasteiger partial charge >= 0.3 is 0 Å². The van der Waals surface area contributed by atoms with E-state index in [9.17, 15) is 5.11 Å². The molecule has 0 amide bonds. The first-order valence-electron chi connectivity index (χ1n) is 7.30. The van der Waals surface area contributed by atoms with Crippen molar-refractivity contribution in [2.45, 2.75) is 25.8 Å². The van der Waals surface area contributed by atoms with Gasteiger partial charge in [0.2, 0.25) is 5.88 Å². The van der Waals surface area contributed by atoms with E-state index in [1.54, 1.807) is 0 Å². The molecule has 106 valence electrons. The molecule has 0 bridgehead atoms. The van der Waals surface area contributed by atoms with Gasteiger partial charge in [0.25, 0.3) is 0 Å². The van der Waals surface area contributed by atoms with Crippen LogP contribution in [0.3, 0.4) is 0 Å². The van der Waals surface area contributed by atoms with E-state index in [0.717, 1.165) is 24.2 Å². The molecule has 1 aromatic heterocycles. The van der Waals surface area contributed by atoms with Gasteiger partial charge in [-0.05, 0) is 44.3 Å². The van der Waals surface area contributed by atoms with Gasteiger partial charge in [-0.2, -0.15) is 0 Å². The normalized spacial score (nSPS) is 20.8. The molecule has 1 fully saturated rings. The standard InChI is InChI=1S/C16H21N3O/c1-12(14-8-5-9-17-10-14)19-11-15(16(20)18-19)13-6-3-2-4-7-13/h2-4,6-7,11-12,14,17H,5,8-10H2,1H3,(H,18,20). The second-order valence-corrected chi connectivity index (χ2v) is 5.56. The molecule has 3 rings (SSSR count). The zero-order valence-electron chi connectivity index (χ0n) is 11.8. The van der Waals surface area contributed by atoms with Crippen molar-refractivity contribution in [3.8, 4) is 17.0 Å².